The Morgan fingerprint density at radius 3 is 2.60 bits per heavy atom. The standard InChI is InChI=1S/C12H20O3/c1-9-11(2,3)6-5-7-12(9,8-13)10(14)15-4/h13H,1,5-8H2,2-4H3/t12-/m1/s1. The molecule has 3 nitrogen and oxygen atoms in total. The van der Waals surface area contributed by atoms with Crippen molar-refractivity contribution in [2.45, 2.75) is 33.1 Å². The van der Waals surface area contributed by atoms with E-state index in [9.17, 15) is 9.90 Å². The van der Waals surface area contributed by atoms with Gasteiger partial charge in [0.25, 0.3) is 0 Å². The third-order valence-electron chi connectivity index (χ3n) is 3.65. The summed E-state index contributed by atoms with van der Waals surface area (Å²) in [5.41, 5.74) is -0.179. The van der Waals surface area contributed by atoms with Gasteiger partial charge in [-0.3, -0.25) is 4.79 Å². The first kappa shape index (κ1) is 12.2. The lowest BCUT2D eigenvalue weighted by Crippen LogP contribution is -2.45. The highest BCUT2D eigenvalue weighted by atomic mass is 16.5. The predicted molar refractivity (Wildman–Crippen MR) is 58.3 cm³/mol. The number of esters is 1. The molecule has 0 amide bonds. The Balaban J connectivity index is 3.08. The maximum Gasteiger partial charge on any atom is 0.318 e. The first-order valence-electron chi connectivity index (χ1n) is 5.30. The molecule has 0 spiro atoms. The summed E-state index contributed by atoms with van der Waals surface area (Å²) >= 11 is 0. The quantitative estimate of drug-likeness (QED) is 0.561. The van der Waals surface area contributed by atoms with Gasteiger partial charge in [0, 0.05) is 0 Å². The SMILES string of the molecule is C=C1C(C)(C)CCC[C@]1(CO)C(=O)OC. The van der Waals surface area contributed by atoms with E-state index >= 15 is 0 Å². The molecule has 0 aromatic carbocycles. The Morgan fingerprint density at radius 2 is 2.13 bits per heavy atom. The van der Waals surface area contributed by atoms with Crippen LogP contribution in [0.3, 0.4) is 0 Å². The number of rotatable bonds is 2. The average molecular weight is 212 g/mol. The van der Waals surface area contributed by atoms with Crippen molar-refractivity contribution in [3.63, 3.8) is 0 Å². The monoisotopic (exact) mass is 212 g/mol. The van der Waals surface area contributed by atoms with Crippen LogP contribution in [0.2, 0.25) is 0 Å². The molecule has 1 rings (SSSR count). The Bertz CT molecular complexity index is 281. The van der Waals surface area contributed by atoms with Crippen LogP contribution in [0.5, 0.6) is 0 Å². The number of aliphatic hydroxyl groups excluding tert-OH is 1. The maximum absolute atomic E-state index is 11.8. The highest BCUT2D eigenvalue weighted by Crippen LogP contribution is 2.50. The molecule has 0 saturated heterocycles. The lowest BCUT2D eigenvalue weighted by Gasteiger charge is -2.44. The molecule has 1 N–H and O–H groups in total. The van der Waals surface area contributed by atoms with Crippen LogP contribution in [0, 0.1) is 10.8 Å². The van der Waals surface area contributed by atoms with Gasteiger partial charge in [-0.15, -0.1) is 0 Å². The molecule has 0 aromatic rings. The molecule has 0 bridgehead atoms. The van der Waals surface area contributed by atoms with E-state index in [1.54, 1.807) is 0 Å². The van der Waals surface area contributed by atoms with Gasteiger partial charge in [0.05, 0.1) is 13.7 Å². The molecule has 86 valence electrons. The van der Waals surface area contributed by atoms with E-state index in [-0.39, 0.29) is 18.0 Å². The zero-order valence-corrected chi connectivity index (χ0v) is 9.80. The Morgan fingerprint density at radius 1 is 1.53 bits per heavy atom. The fourth-order valence-electron chi connectivity index (χ4n) is 2.44. The molecule has 1 aliphatic rings. The first-order valence-corrected chi connectivity index (χ1v) is 5.30. The zero-order valence-electron chi connectivity index (χ0n) is 9.80. The van der Waals surface area contributed by atoms with E-state index < -0.39 is 5.41 Å². The van der Waals surface area contributed by atoms with Gasteiger partial charge in [-0.1, -0.05) is 32.4 Å². The molecule has 0 unspecified atom stereocenters. The highest BCUT2D eigenvalue weighted by Gasteiger charge is 2.49. The molecule has 0 radical (unpaired) electrons. The molecule has 0 aromatic heterocycles. The molecular weight excluding hydrogens is 192 g/mol. The van der Waals surface area contributed by atoms with Crippen molar-refractivity contribution in [2.75, 3.05) is 13.7 Å². The van der Waals surface area contributed by atoms with Crippen molar-refractivity contribution >= 4 is 5.97 Å². The minimum atomic E-state index is -0.878. The molecule has 1 aliphatic carbocycles. The molecule has 15 heavy (non-hydrogen) atoms. The Labute approximate surface area is 91.1 Å². The lowest BCUT2D eigenvalue weighted by molar-refractivity contribution is -0.155. The molecule has 0 aliphatic heterocycles. The zero-order chi connectivity index (χ0) is 11.7. The summed E-state index contributed by atoms with van der Waals surface area (Å²) in [4.78, 5) is 11.8. The van der Waals surface area contributed by atoms with Crippen molar-refractivity contribution in [2.24, 2.45) is 10.8 Å². The van der Waals surface area contributed by atoms with Gasteiger partial charge in [-0.25, -0.2) is 0 Å². The summed E-state index contributed by atoms with van der Waals surface area (Å²) in [6, 6.07) is 0. The van der Waals surface area contributed by atoms with Crippen LogP contribution in [-0.2, 0) is 9.53 Å². The summed E-state index contributed by atoms with van der Waals surface area (Å²) < 4.78 is 4.79. The van der Waals surface area contributed by atoms with Crippen LogP contribution < -0.4 is 0 Å². The molecular formula is C12H20O3. The fourth-order valence-corrected chi connectivity index (χ4v) is 2.44. The van der Waals surface area contributed by atoms with E-state index in [2.05, 4.69) is 20.4 Å². The summed E-state index contributed by atoms with van der Waals surface area (Å²) in [6.07, 6.45) is 2.56. The van der Waals surface area contributed by atoms with Gasteiger partial charge in [-0.05, 0) is 18.3 Å². The lowest BCUT2D eigenvalue weighted by atomic mass is 9.60. The third-order valence-corrected chi connectivity index (χ3v) is 3.65. The van der Waals surface area contributed by atoms with Crippen molar-refractivity contribution in [1.82, 2.24) is 0 Å². The van der Waals surface area contributed by atoms with E-state index in [4.69, 9.17) is 4.74 Å². The van der Waals surface area contributed by atoms with Crippen molar-refractivity contribution in [1.29, 1.82) is 0 Å². The minimum absolute atomic E-state index is 0.102. The number of carbonyl (C=O) groups is 1. The topological polar surface area (TPSA) is 46.5 Å². The molecule has 3 heteroatoms. The fraction of sp³-hybridized carbons (Fsp3) is 0.750. The average Bonchev–Trinajstić information content (AvgIpc) is 2.21. The molecule has 0 heterocycles. The van der Waals surface area contributed by atoms with Gasteiger partial charge < -0.3 is 9.84 Å². The summed E-state index contributed by atoms with van der Waals surface area (Å²) in [5.74, 6) is -0.359. The predicted octanol–water partition coefficient (Wildman–Crippen LogP) is 1.90. The second-order valence-electron chi connectivity index (χ2n) is 4.95. The Hall–Kier alpha value is -0.830. The number of hydrogen-bond acceptors (Lipinski definition) is 3. The maximum atomic E-state index is 11.8. The van der Waals surface area contributed by atoms with Crippen LogP contribution in [-0.4, -0.2) is 24.8 Å². The summed E-state index contributed by atoms with van der Waals surface area (Å²) in [6.45, 7) is 7.91. The summed E-state index contributed by atoms with van der Waals surface area (Å²) in [7, 11) is 1.36. The van der Waals surface area contributed by atoms with Crippen LogP contribution in [0.25, 0.3) is 0 Å². The van der Waals surface area contributed by atoms with Crippen LogP contribution in [0.15, 0.2) is 12.2 Å². The first-order chi connectivity index (χ1) is 6.90. The van der Waals surface area contributed by atoms with E-state index in [1.165, 1.54) is 7.11 Å². The second-order valence-corrected chi connectivity index (χ2v) is 4.95. The van der Waals surface area contributed by atoms with Gasteiger partial charge in [0.1, 0.15) is 5.41 Å². The molecule has 1 atom stereocenters. The van der Waals surface area contributed by atoms with Gasteiger partial charge in [0.2, 0.25) is 0 Å². The number of aliphatic hydroxyl groups is 1. The number of hydrogen-bond donors (Lipinski definition) is 1. The molecule has 1 saturated carbocycles. The Kier molecular flexibility index (Phi) is 3.24. The number of carbonyl (C=O) groups excluding carboxylic acids is 1. The highest BCUT2D eigenvalue weighted by molar-refractivity contribution is 5.81. The van der Waals surface area contributed by atoms with Crippen molar-refractivity contribution < 1.29 is 14.6 Å². The van der Waals surface area contributed by atoms with Crippen LogP contribution in [0.1, 0.15) is 33.1 Å². The number of methoxy groups -OCH3 is 1. The van der Waals surface area contributed by atoms with Gasteiger partial charge >= 0.3 is 5.97 Å². The van der Waals surface area contributed by atoms with E-state index in [0.29, 0.717) is 6.42 Å². The third kappa shape index (κ3) is 1.81. The normalized spacial score (nSPS) is 30.0. The van der Waals surface area contributed by atoms with Crippen LogP contribution in [0.4, 0.5) is 0 Å². The van der Waals surface area contributed by atoms with E-state index in [0.717, 1.165) is 18.4 Å². The minimum Gasteiger partial charge on any atom is -0.468 e. The van der Waals surface area contributed by atoms with Gasteiger partial charge in [-0.2, -0.15) is 0 Å². The van der Waals surface area contributed by atoms with Gasteiger partial charge in [0.15, 0.2) is 0 Å². The van der Waals surface area contributed by atoms with Crippen LogP contribution >= 0.6 is 0 Å². The van der Waals surface area contributed by atoms with Crippen molar-refractivity contribution in [3.05, 3.63) is 12.2 Å². The number of ether oxygens (including phenoxy) is 1. The molecule has 1 fully saturated rings. The van der Waals surface area contributed by atoms with Crippen molar-refractivity contribution in [3.8, 4) is 0 Å². The smallest absolute Gasteiger partial charge is 0.318 e. The van der Waals surface area contributed by atoms with E-state index in [1.807, 2.05) is 0 Å². The largest absolute Gasteiger partial charge is 0.468 e. The second kappa shape index (κ2) is 3.97. The summed E-state index contributed by atoms with van der Waals surface area (Å²) in [5, 5.41) is 9.48.